The van der Waals surface area contributed by atoms with Crippen molar-refractivity contribution in [1.82, 2.24) is 10.0 Å². The number of ether oxygens (including phenoxy) is 1. The molecular formula is C15H22N2O5S2. The summed E-state index contributed by atoms with van der Waals surface area (Å²) in [6.45, 7) is 1.96. The smallest absolute Gasteiger partial charge is 0.328 e. The zero-order valence-electron chi connectivity index (χ0n) is 13.9. The van der Waals surface area contributed by atoms with Crippen LogP contribution < -0.4 is 10.0 Å². The Morgan fingerprint density at radius 2 is 1.88 bits per heavy atom. The molecule has 1 amide bonds. The topological polar surface area (TPSA) is 102 Å². The van der Waals surface area contributed by atoms with Crippen LogP contribution in [0.3, 0.4) is 0 Å². The van der Waals surface area contributed by atoms with Crippen molar-refractivity contribution in [3.63, 3.8) is 0 Å². The lowest BCUT2D eigenvalue weighted by molar-refractivity contribution is -0.142. The fourth-order valence-corrected chi connectivity index (χ4v) is 3.44. The van der Waals surface area contributed by atoms with Crippen molar-refractivity contribution >= 4 is 33.7 Å². The summed E-state index contributed by atoms with van der Waals surface area (Å²) in [6, 6.07) is 4.77. The molecule has 7 nitrogen and oxygen atoms in total. The highest BCUT2D eigenvalue weighted by molar-refractivity contribution is 7.98. The Morgan fingerprint density at radius 3 is 2.38 bits per heavy atom. The summed E-state index contributed by atoms with van der Waals surface area (Å²) >= 11 is 1.56. The second-order valence-electron chi connectivity index (χ2n) is 4.86. The Bertz CT molecular complexity index is 659. The average molecular weight is 374 g/mol. The Hall–Kier alpha value is -1.58. The highest BCUT2D eigenvalue weighted by atomic mass is 32.2. The molecule has 1 aromatic carbocycles. The number of hydrogen-bond acceptors (Lipinski definition) is 6. The predicted molar refractivity (Wildman–Crippen MR) is 93.6 cm³/mol. The lowest BCUT2D eigenvalue weighted by atomic mass is 10.1. The van der Waals surface area contributed by atoms with E-state index in [2.05, 4.69) is 14.8 Å². The maximum Gasteiger partial charge on any atom is 0.328 e. The quantitative estimate of drug-likeness (QED) is 0.626. The Kier molecular flexibility index (Phi) is 8.23. The number of benzene rings is 1. The van der Waals surface area contributed by atoms with Crippen LogP contribution in [0.4, 0.5) is 0 Å². The van der Waals surface area contributed by atoms with Crippen LogP contribution in [0.1, 0.15) is 23.7 Å². The Balaban J connectivity index is 2.85. The number of sulfonamides is 1. The minimum atomic E-state index is -3.56. The number of hydrogen-bond donors (Lipinski definition) is 2. The van der Waals surface area contributed by atoms with Gasteiger partial charge in [0, 0.05) is 12.1 Å². The van der Waals surface area contributed by atoms with Crippen LogP contribution in [-0.2, 0) is 19.6 Å². The number of carbonyl (C=O) groups is 2. The van der Waals surface area contributed by atoms with E-state index in [4.69, 9.17) is 0 Å². The monoisotopic (exact) mass is 374 g/mol. The maximum absolute atomic E-state index is 12.2. The van der Waals surface area contributed by atoms with Crippen LogP contribution >= 0.6 is 11.8 Å². The highest BCUT2D eigenvalue weighted by Crippen LogP contribution is 2.11. The summed E-state index contributed by atoms with van der Waals surface area (Å²) in [5, 5.41) is 2.61. The fourth-order valence-electron chi connectivity index (χ4n) is 1.93. The van der Waals surface area contributed by atoms with E-state index >= 15 is 0 Å². The number of carbonyl (C=O) groups excluding carboxylic acids is 2. The lowest BCUT2D eigenvalue weighted by Gasteiger charge is -2.16. The first kappa shape index (κ1) is 20.5. The van der Waals surface area contributed by atoms with Crippen molar-refractivity contribution in [2.45, 2.75) is 24.3 Å². The maximum atomic E-state index is 12.2. The number of esters is 1. The molecule has 0 spiro atoms. The number of amides is 1. The van der Waals surface area contributed by atoms with Crippen LogP contribution in [0, 0.1) is 0 Å². The molecule has 0 saturated carbocycles. The first-order chi connectivity index (χ1) is 11.4. The van der Waals surface area contributed by atoms with Crippen molar-refractivity contribution in [3.8, 4) is 0 Å². The highest BCUT2D eigenvalue weighted by Gasteiger charge is 2.22. The molecule has 0 aromatic heterocycles. The second-order valence-corrected chi connectivity index (χ2v) is 7.61. The van der Waals surface area contributed by atoms with Crippen LogP contribution in [0.15, 0.2) is 29.2 Å². The second kappa shape index (κ2) is 9.65. The molecule has 1 rings (SSSR count). The average Bonchev–Trinajstić information content (AvgIpc) is 2.57. The van der Waals surface area contributed by atoms with Gasteiger partial charge in [0.2, 0.25) is 10.0 Å². The lowest BCUT2D eigenvalue weighted by Crippen LogP contribution is -2.41. The number of rotatable bonds is 9. The molecule has 0 unspecified atom stereocenters. The van der Waals surface area contributed by atoms with Gasteiger partial charge in [0.1, 0.15) is 6.04 Å². The third kappa shape index (κ3) is 5.81. The van der Waals surface area contributed by atoms with Crippen LogP contribution in [0.5, 0.6) is 0 Å². The number of methoxy groups -OCH3 is 1. The van der Waals surface area contributed by atoms with Crippen molar-refractivity contribution < 1.29 is 22.7 Å². The molecule has 0 radical (unpaired) electrons. The first-order valence-corrected chi connectivity index (χ1v) is 10.2. The summed E-state index contributed by atoms with van der Waals surface area (Å²) in [5.41, 5.74) is 0.267. The predicted octanol–water partition coefficient (Wildman–Crippen LogP) is 1.01. The van der Waals surface area contributed by atoms with E-state index in [1.54, 1.807) is 18.7 Å². The van der Waals surface area contributed by atoms with E-state index in [-0.39, 0.29) is 17.0 Å². The van der Waals surface area contributed by atoms with E-state index in [9.17, 15) is 18.0 Å². The molecule has 0 bridgehead atoms. The SMILES string of the molecule is CCNS(=O)(=O)c1ccc(C(=O)N[C@H](CCSC)C(=O)OC)cc1. The zero-order chi connectivity index (χ0) is 18.2. The minimum absolute atomic E-state index is 0.0767. The molecule has 24 heavy (non-hydrogen) atoms. The van der Waals surface area contributed by atoms with Gasteiger partial charge >= 0.3 is 5.97 Å². The van der Waals surface area contributed by atoms with Crippen LogP contribution in [0.2, 0.25) is 0 Å². The van der Waals surface area contributed by atoms with Gasteiger partial charge in [-0.3, -0.25) is 4.79 Å². The van der Waals surface area contributed by atoms with Gasteiger partial charge in [-0.2, -0.15) is 11.8 Å². The fraction of sp³-hybridized carbons (Fsp3) is 0.467. The van der Waals surface area contributed by atoms with E-state index in [0.29, 0.717) is 12.2 Å². The van der Waals surface area contributed by atoms with Gasteiger partial charge in [-0.15, -0.1) is 0 Å². The Morgan fingerprint density at radius 1 is 1.25 bits per heavy atom. The zero-order valence-corrected chi connectivity index (χ0v) is 15.5. The normalized spacial score (nSPS) is 12.5. The minimum Gasteiger partial charge on any atom is -0.467 e. The number of thioether (sulfide) groups is 1. The molecule has 0 fully saturated rings. The molecule has 1 atom stereocenters. The third-order valence-electron chi connectivity index (χ3n) is 3.16. The van der Waals surface area contributed by atoms with Gasteiger partial charge in [-0.05, 0) is 42.7 Å². The number of nitrogens with one attached hydrogen (secondary N) is 2. The largest absolute Gasteiger partial charge is 0.467 e. The molecule has 0 aliphatic heterocycles. The molecule has 0 saturated heterocycles. The van der Waals surface area contributed by atoms with E-state index in [1.165, 1.54) is 31.4 Å². The van der Waals surface area contributed by atoms with E-state index < -0.39 is 27.9 Å². The molecule has 1 aromatic rings. The van der Waals surface area contributed by atoms with Gasteiger partial charge in [0.25, 0.3) is 5.91 Å². The van der Waals surface area contributed by atoms with Crippen LogP contribution in [0.25, 0.3) is 0 Å². The summed E-state index contributed by atoms with van der Waals surface area (Å²) in [5.74, 6) is -0.275. The van der Waals surface area contributed by atoms with Gasteiger partial charge in [0.15, 0.2) is 0 Å². The summed E-state index contributed by atoms with van der Waals surface area (Å²) < 4.78 is 30.8. The molecule has 0 aliphatic rings. The molecule has 0 aliphatic carbocycles. The van der Waals surface area contributed by atoms with Crippen LogP contribution in [-0.4, -0.2) is 52.0 Å². The molecule has 2 N–H and O–H groups in total. The van der Waals surface area contributed by atoms with E-state index in [0.717, 1.165) is 0 Å². The van der Waals surface area contributed by atoms with E-state index in [1.807, 2.05) is 6.26 Å². The first-order valence-electron chi connectivity index (χ1n) is 7.33. The van der Waals surface area contributed by atoms with Crippen molar-refractivity contribution in [3.05, 3.63) is 29.8 Å². The molecule has 134 valence electrons. The third-order valence-corrected chi connectivity index (χ3v) is 5.37. The van der Waals surface area contributed by atoms with Crippen molar-refractivity contribution in [2.24, 2.45) is 0 Å². The molecule has 9 heteroatoms. The molecule has 0 heterocycles. The Labute approximate surface area is 146 Å². The summed E-state index contributed by atoms with van der Waals surface area (Å²) in [6.07, 6.45) is 2.35. The van der Waals surface area contributed by atoms with Gasteiger partial charge < -0.3 is 10.1 Å². The van der Waals surface area contributed by atoms with Gasteiger partial charge in [-0.1, -0.05) is 6.92 Å². The summed E-state index contributed by atoms with van der Waals surface area (Å²) in [4.78, 5) is 24.0. The van der Waals surface area contributed by atoms with Gasteiger partial charge in [-0.25, -0.2) is 17.9 Å². The van der Waals surface area contributed by atoms with Gasteiger partial charge in [0.05, 0.1) is 12.0 Å². The molecular weight excluding hydrogens is 352 g/mol. The van der Waals surface area contributed by atoms with Crippen molar-refractivity contribution in [2.75, 3.05) is 25.7 Å². The standard InChI is InChI=1S/C15H22N2O5S2/c1-4-16-24(20,21)12-7-5-11(6-8-12)14(18)17-13(9-10-23-3)15(19)22-2/h5-8,13,16H,4,9-10H2,1-3H3,(H,17,18)/t13-/m1/s1. The summed E-state index contributed by atoms with van der Waals surface area (Å²) in [7, 11) is -2.30. The van der Waals surface area contributed by atoms with Crippen molar-refractivity contribution in [1.29, 1.82) is 0 Å².